The van der Waals surface area contributed by atoms with Crippen molar-refractivity contribution >= 4 is 11.1 Å². The van der Waals surface area contributed by atoms with Gasteiger partial charge in [-0.1, -0.05) is 80.2 Å². The Morgan fingerprint density at radius 2 is 1.52 bits per heavy atom. The van der Waals surface area contributed by atoms with Crippen LogP contribution in [0.2, 0.25) is 0 Å². The van der Waals surface area contributed by atoms with Crippen molar-refractivity contribution in [3.8, 4) is 0 Å². The molecule has 0 aliphatic rings. The molecule has 0 saturated heterocycles. The minimum atomic E-state index is 0.642. The molecule has 0 amide bonds. The summed E-state index contributed by atoms with van der Waals surface area (Å²) in [7, 11) is 4.08. The Balaban J connectivity index is 2.46. The molecular formula is C27H33NO. The molecule has 0 unspecified atom stereocenters. The molecule has 0 bridgehead atoms. The average Bonchev–Trinajstić information content (AvgIpc) is 2.75. The van der Waals surface area contributed by atoms with Crippen LogP contribution in [-0.4, -0.2) is 32.1 Å². The molecule has 0 atom stereocenters. The molecule has 0 spiro atoms. The molecule has 2 aromatic rings. The summed E-state index contributed by atoms with van der Waals surface area (Å²) in [6.07, 6.45) is 6.87. The molecule has 152 valence electrons. The zero-order valence-electron chi connectivity index (χ0n) is 18.2. The Bertz CT molecular complexity index is 858. The van der Waals surface area contributed by atoms with Crippen molar-refractivity contribution in [2.75, 3.05) is 27.2 Å². The zero-order valence-corrected chi connectivity index (χ0v) is 18.2. The third-order valence-electron chi connectivity index (χ3n) is 4.74. The van der Waals surface area contributed by atoms with Gasteiger partial charge in [0, 0.05) is 6.54 Å². The van der Waals surface area contributed by atoms with E-state index < -0.39 is 0 Å². The normalized spacial score (nSPS) is 13.3. The molecule has 0 aromatic heterocycles. The second-order valence-corrected chi connectivity index (χ2v) is 7.21. The fourth-order valence-corrected chi connectivity index (χ4v) is 3.22. The van der Waals surface area contributed by atoms with Crippen molar-refractivity contribution in [1.29, 1.82) is 0 Å². The minimum Gasteiger partial charge on any atom is -0.492 e. The third kappa shape index (κ3) is 6.92. The first-order valence-corrected chi connectivity index (χ1v) is 10.2. The van der Waals surface area contributed by atoms with E-state index in [-0.39, 0.29) is 0 Å². The minimum absolute atomic E-state index is 0.642. The zero-order chi connectivity index (χ0) is 21.1. The standard InChI is InChI=1S/C27H33NO/c1-6-25(29-21-20-28(4)5)19-18-22(3)27(24-16-12-9-13-17-24)26(7-2)23-14-10-8-11-15-23/h6,8-19H,1,7,20-21H2,2-5H3/b22-18+,25-19+,27-26+. The summed E-state index contributed by atoms with van der Waals surface area (Å²) in [5.41, 5.74) is 6.30. The van der Waals surface area contributed by atoms with E-state index in [0.717, 1.165) is 18.7 Å². The summed E-state index contributed by atoms with van der Waals surface area (Å²) in [6.45, 7) is 9.79. The Morgan fingerprint density at radius 3 is 2.03 bits per heavy atom. The summed E-state index contributed by atoms with van der Waals surface area (Å²) in [4.78, 5) is 2.10. The monoisotopic (exact) mass is 387 g/mol. The van der Waals surface area contributed by atoms with Gasteiger partial charge in [0.2, 0.25) is 0 Å². The summed E-state index contributed by atoms with van der Waals surface area (Å²) in [6, 6.07) is 21.2. The van der Waals surface area contributed by atoms with Gasteiger partial charge in [0.15, 0.2) is 0 Å². The second kappa shape index (κ2) is 11.9. The van der Waals surface area contributed by atoms with E-state index in [1.807, 2.05) is 20.2 Å². The molecule has 0 fully saturated rings. The SMILES string of the molecule is C=C\C(=C/C=C(C)/C(=C(/CC)c1ccccc1)c1ccccc1)OCCN(C)C. The second-order valence-electron chi connectivity index (χ2n) is 7.21. The maximum Gasteiger partial charge on any atom is 0.118 e. The van der Waals surface area contributed by atoms with Gasteiger partial charge in [0.1, 0.15) is 12.4 Å². The maximum absolute atomic E-state index is 5.85. The van der Waals surface area contributed by atoms with E-state index in [2.05, 4.69) is 92.1 Å². The van der Waals surface area contributed by atoms with Crippen molar-refractivity contribution in [2.24, 2.45) is 0 Å². The van der Waals surface area contributed by atoms with Gasteiger partial charge in [0.25, 0.3) is 0 Å². The molecule has 2 heteroatoms. The lowest BCUT2D eigenvalue weighted by Crippen LogP contribution is -2.17. The van der Waals surface area contributed by atoms with Crippen molar-refractivity contribution < 1.29 is 4.74 Å². The van der Waals surface area contributed by atoms with Gasteiger partial charge < -0.3 is 9.64 Å². The van der Waals surface area contributed by atoms with E-state index in [4.69, 9.17) is 4.74 Å². The summed E-state index contributed by atoms with van der Waals surface area (Å²) < 4.78 is 5.85. The average molecular weight is 388 g/mol. The largest absolute Gasteiger partial charge is 0.492 e. The number of rotatable bonds is 10. The first-order valence-electron chi connectivity index (χ1n) is 10.2. The van der Waals surface area contributed by atoms with Crippen LogP contribution in [0.3, 0.4) is 0 Å². The Hall–Kier alpha value is -2.84. The molecule has 0 heterocycles. The quantitative estimate of drug-likeness (QED) is 0.259. The summed E-state index contributed by atoms with van der Waals surface area (Å²) >= 11 is 0. The predicted octanol–water partition coefficient (Wildman–Crippen LogP) is 6.60. The maximum atomic E-state index is 5.85. The first kappa shape index (κ1) is 22.4. The van der Waals surface area contributed by atoms with Gasteiger partial charge in [-0.25, -0.2) is 0 Å². The van der Waals surface area contributed by atoms with Gasteiger partial charge >= 0.3 is 0 Å². The molecule has 0 radical (unpaired) electrons. The highest BCUT2D eigenvalue weighted by Gasteiger charge is 2.11. The highest BCUT2D eigenvalue weighted by atomic mass is 16.5. The number of ether oxygens (including phenoxy) is 1. The molecule has 2 aromatic carbocycles. The van der Waals surface area contributed by atoms with Crippen molar-refractivity contribution in [2.45, 2.75) is 20.3 Å². The van der Waals surface area contributed by atoms with Gasteiger partial charge in [-0.2, -0.15) is 0 Å². The van der Waals surface area contributed by atoms with E-state index >= 15 is 0 Å². The van der Waals surface area contributed by atoms with Crippen LogP contribution in [0.25, 0.3) is 11.1 Å². The Kier molecular flexibility index (Phi) is 9.20. The number of allylic oxidation sites excluding steroid dienone is 6. The highest BCUT2D eigenvalue weighted by molar-refractivity contribution is 5.98. The fourth-order valence-electron chi connectivity index (χ4n) is 3.22. The van der Waals surface area contributed by atoms with Crippen LogP contribution in [0.4, 0.5) is 0 Å². The van der Waals surface area contributed by atoms with Gasteiger partial charge in [0.05, 0.1) is 0 Å². The Labute approximate surface area is 176 Å². The number of likely N-dealkylation sites (N-methyl/N-ethyl adjacent to an activating group) is 1. The topological polar surface area (TPSA) is 12.5 Å². The van der Waals surface area contributed by atoms with Crippen LogP contribution in [-0.2, 0) is 4.74 Å². The number of hydrogen-bond donors (Lipinski definition) is 0. The van der Waals surface area contributed by atoms with Gasteiger partial charge in [-0.3, -0.25) is 0 Å². The molecule has 2 rings (SSSR count). The summed E-state index contributed by atoms with van der Waals surface area (Å²) in [5, 5.41) is 0. The van der Waals surface area contributed by atoms with Gasteiger partial charge in [-0.05, 0) is 67.4 Å². The van der Waals surface area contributed by atoms with Crippen LogP contribution in [0, 0.1) is 0 Å². The van der Waals surface area contributed by atoms with Crippen molar-refractivity contribution in [3.63, 3.8) is 0 Å². The number of benzene rings is 2. The fraction of sp³-hybridized carbons (Fsp3) is 0.259. The molecule has 0 saturated carbocycles. The van der Waals surface area contributed by atoms with Crippen LogP contribution in [0.1, 0.15) is 31.4 Å². The predicted molar refractivity (Wildman–Crippen MR) is 127 cm³/mol. The molecule has 0 aliphatic heterocycles. The van der Waals surface area contributed by atoms with E-state index in [1.165, 1.54) is 27.8 Å². The third-order valence-corrected chi connectivity index (χ3v) is 4.74. The smallest absolute Gasteiger partial charge is 0.118 e. The van der Waals surface area contributed by atoms with Crippen molar-refractivity contribution in [3.05, 3.63) is 108 Å². The number of nitrogens with zero attached hydrogens (tertiary/aromatic N) is 1. The number of hydrogen-bond acceptors (Lipinski definition) is 2. The first-order chi connectivity index (χ1) is 14.1. The molecule has 0 aliphatic carbocycles. The lowest BCUT2D eigenvalue weighted by Gasteiger charge is -2.16. The van der Waals surface area contributed by atoms with Crippen LogP contribution < -0.4 is 0 Å². The molecule has 2 nitrogen and oxygen atoms in total. The van der Waals surface area contributed by atoms with E-state index in [9.17, 15) is 0 Å². The van der Waals surface area contributed by atoms with Crippen LogP contribution >= 0.6 is 0 Å². The van der Waals surface area contributed by atoms with Crippen LogP contribution in [0.5, 0.6) is 0 Å². The van der Waals surface area contributed by atoms with E-state index in [0.29, 0.717) is 6.61 Å². The summed E-state index contributed by atoms with van der Waals surface area (Å²) in [5.74, 6) is 0.788. The molecular weight excluding hydrogens is 354 g/mol. The lowest BCUT2D eigenvalue weighted by atomic mass is 9.88. The van der Waals surface area contributed by atoms with E-state index in [1.54, 1.807) is 6.08 Å². The van der Waals surface area contributed by atoms with Gasteiger partial charge in [-0.15, -0.1) is 0 Å². The van der Waals surface area contributed by atoms with Crippen molar-refractivity contribution in [1.82, 2.24) is 4.90 Å². The Morgan fingerprint density at radius 1 is 0.931 bits per heavy atom. The molecule has 0 N–H and O–H groups in total. The van der Waals surface area contributed by atoms with Crippen LogP contribution in [0.15, 0.2) is 96.8 Å². The lowest BCUT2D eigenvalue weighted by molar-refractivity contribution is 0.193. The highest BCUT2D eigenvalue weighted by Crippen LogP contribution is 2.34. The molecule has 29 heavy (non-hydrogen) atoms.